The Morgan fingerprint density at radius 3 is 2.74 bits per heavy atom. The summed E-state index contributed by atoms with van der Waals surface area (Å²) in [6.45, 7) is 0. The minimum Gasteiger partial charge on any atom is -0.497 e. The number of hydrogen-bond donors (Lipinski definition) is 2. The quantitative estimate of drug-likeness (QED) is 0.902. The fourth-order valence-electron chi connectivity index (χ4n) is 1.44. The van der Waals surface area contributed by atoms with Gasteiger partial charge in [-0.2, -0.15) is 0 Å². The lowest BCUT2D eigenvalue weighted by atomic mass is 10.2. The number of nitrogens with zero attached hydrogens (tertiary/aromatic N) is 1. The van der Waals surface area contributed by atoms with Crippen LogP contribution in [0.4, 0.5) is 15.6 Å². The van der Waals surface area contributed by atoms with Crippen molar-refractivity contribution in [3.8, 4) is 11.5 Å². The molecule has 1 aromatic heterocycles. The Bertz CT molecular complexity index is 557. The Labute approximate surface area is 114 Å². The smallest absolute Gasteiger partial charge is 0.325 e. The summed E-state index contributed by atoms with van der Waals surface area (Å²) in [6.07, 6.45) is 1.62. The first-order valence-electron chi connectivity index (χ1n) is 5.42. The molecule has 7 heteroatoms. The van der Waals surface area contributed by atoms with Crippen LogP contribution in [0.2, 0.25) is 0 Å². The van der Waals surface area contributed by atoms with Gasteiger partial charge in [0.1, 0.15) is 11.5 Å². The molecule has 0 unspecified atom stereocenters. The monoisotopic (exact) mass is 279 g/mol. The molecule has 19 heavy (non-hydrogen) atoms. The summed E-state index contributed by atoms with van der Waals surface area (Å²) in [7, 11) is 3.09. The molecule has 6 nitrogen and oxygen atoms in total. The number of urea groups is 1. The number of thiazole rings is 1. The fraction of sp³-hybridized carbons (Fsp3) is 0.167. The second-order valence-corrected chi connectivity index (χ2v) is 4.38. The highest BCUT2D eigenvalue weighted by Gasteiger charge is 2.09. The van der Waals surface area contributed by atoms with Gasteiger partial charge in [-0.15, -0.1) is 11.3 Å². The maximum absolute atomic E-state index is 11.8. The zero-order valence-electron chi connectivity index (χ0n) is 10.5. The minimum atomic E-state index is -0.376. The number of carbonyl (C=O) groups excluding carboxylic acids is 1. The number of ether oxygens (including phenoxy) is 2. The molecule has 0 bridgehead atoms. The molecule has 0 spiro atoms. The summed E-state index contributed by atoms with van der Waals surface area (Å²) in [5, 5.41) is 7.62. The van der Waals surface area contributed by atoms with Gasteiger partial charge in [0.25, 0.3) is 0 Å². The van der Waals surface area contributed by atoms with E-state index in [1.54, 1.807) is 36.9 Å². The number of aromatic nitrogens is 1. The van der Waals surface area contributed by atoms with Gasteiger partial charge in [-0.25, -0.2) is 9.78 Å². The summed E-state index contributed by atoms with van der Waals surface area (Å²) in [5.74, 6) is 1.18. The molecule has 0 aliphatic rings. The summed E-state index contributed by atoms with van der Waals surface area (Å²) < 4.78 is 10.3. The Kier molecular flexibility index (Phi) is 4.19. The molecular formula is C12H13N3O3S. The second-order valence-electron chi connectivity index (χ2n) is 3.48. The largest absolute Gasteiger partial charge is 0.497 e. The summed E-state index contributed by atoms with van der Waals surface area (Å²) >= 11 is 1.34. The number of anilines is 2. The van der Waals surface area contributed by atoms with Crippen LogP contribution < -0.4 is 20.1 Å². The predicted molar refractivity (Wildman–Crippen MR) is 74.3 cm³/mol. The molecule has 1 aromatic carbocycles. The third kappa shape index (κ3) is 3.35. The van der Waals surface area contributed by atoms with E-state index >= 15 is 0 Å². The lowest BCUT2D eigenvalue weighted by Crippen LogP contribution is -2.19. The van der Waals surface area contributed by atoms with Crippen molar-refractivity contribution in [2.45, 2.75) is 0 Å². The molecule has 2 N–H and O–H groups in total. The number of hydrogen-bond acceptors (Lipinski definition) is 5. The average molecular weight is 279 g/mol. The molecule has 100 valence electrons. The summed E-state index contributed by atoms with van der Waals surface area (Å²) in [6, 6.07) is 4.76. The molecule has 2 rings (SSSR count). The van der Waals surface area contributed by atoms with Crippen LogP contribution in [0, 0.1) is 0 Å². The maximum atomic E-state index is 11.8. The van der Waals surface area contributed by atoms with Crippen molar-refractivity contribution >= 4 is 28.2 Å². The van der Waals surface area contributed by atoms with Gasteiger partial charge < -0.3 is 14.8 Å². The van der Waals surface area contributed by atoms with E-state index in [4.69, 9.17) is 9.47 Å². The van der Waals surface area contributed by atoms with Gasteiger partial charge in [-0.1, -0.05) is 0 Å². The highest BCUT2D eigenvalue weighted by Crippen LogP contribution is 2.29. The zero-order valence-corrected chi connectivity index (χ0v) is 11.3. The van der Waals surface area contributed by atoms with Gasteiger partial charge in [0.2, 0.25) is 0 Å². The molecule has 0 saturated heterocycles. The van der Waals surface area contributed by atoms with Crippen LogP contribution in [0.1, 0.15) is 0 Å². The van der Waals surface area contributed by atoms with E-state index < -0.39 is 0 Å². The summed E-state index contributed by atoms with van der Waals surface area (Å²) in [5.41, 5.74) is 0.553. The van der Waals surface area contributed by atoms with Crippen LogP contribution in [0.25, 0.3) is 0 Å². The molecule has 1 heterocycles. The molecule has 0 aliphatic carbocycles. The lowest BCUT2D eigenvalue weighted by Gasteiger charge is -2.11. The number of rotatable bonds is 4. The van der Waals surface area contributed by atoms with Crippen molar-refractivity contribution < 1.29 is 14.3 Å². The topological polar surface area (TPSA) is 72.5 Å². The lowest BCUT2D eigenvalue weighted by molar-refractivity contribution is 0.262. The Hall–Kier alpha value is -2.28. The fourth-order valence-corrected chi connectivity index (χ4v) is 1.96. The van der Waals surface area contributed by atoms with Crippen LogP contribution in [0.5, 0.6) is 11.5 Å². The molecule has 2 amide bonds. The van der Waals surface area contributed by atoms with Crippen molar-refractivity contribution in [1.29, 1.82) is 0 Å². The van der Waals surface area contributed by atoms with E-state index in [-0.39, 0.29) is 6.03 Å². The first-order chi connectivity index (χ1) is 9.22. The normalized spacial score (nSPS) is 9.79. The van der Waals surface area contributed by atoms with Gasteiger partial charge in [0, 0.05) is 17.6 Å². The van der Waals surface area contributed by atoms with Crippen molar-refractivity contribution in [1.82, 2.24) is 4.98 Å². The first-order valence-corrected chi connectivity index (χ1v) is 6.30. The van der Waals surface area contributed by atoms with Gasteiger partial charge in [-0.3, -0.25) is 5.32 Å². The van der Waals surface area contributed by atoms with Crippen molar-refractivity contribution in [2.24, 2.45) is 0 Å². The first kappa shape index (κ1) is 13.2. The third-order valence-electron chi connectivity index (χ3n) is 2.31. The number of amides is 2. The van der Waals surface area contributed by atoms with Gasteiger partial charge >= 0.3 is 6.03 Å². The van der Waals surface area contributed by atoms with Crippen molar-refractivity contribution in [3.05, 3.63) is 29.8 Å². The van der Waals surface area contributed by atoms with Crippen molar-refractivity contribution in [3.63, 3.8) is 0 Å². The second kappa shape index (κ2) is 6.05. The van der Waals surface area contributed by atoms with E-state index in [1.165, 1.54) is 18.4 Å². The van der Waals surface area contributed by atoms with Crippen LogP contribution in [-0.4, -0.2) is 25.2 Å². The number of benzene rings is 1. The molecule has 0 aliphatic heterocycles. The predicted octanol–water partition coefficient (Wildman–Crippen LogP) is 2.80. The highest BCUT2D eigenvalue weighted by atomic mass is 32.1. The van der Waals surface area contributed by atoms with Gasteiger partial charge in [0.05, 0.1) is 19.9 Å². The molecule has 0 radical (unpaired) electrons. The third-order valence-corrected chi connectivity index (χ3v) is 3.00. The Morgan fingerprint density at radius 1 is 1.26 bits per heavy atom. The average Bonchev–Trinajstić information content (AvgIpc) is 2.91. The zero-order chi connectivity index (χ0) is 13.7. The molecule has 0 saturated carbocycles. The van der Waals surface area contributed by atoms with E-state index in [1.807, 2.05) is 0 Å². The Morgan fingerprint density at radius 2 is 2.11 bits per heavy atom. The van der Waals surface area contributed by atoms with E-state index in [2.05, 4.69) is 15.6 Å². The van der Waals surface area contributed by atoms with E-state index in [0.717, 1.165) is 0 Å². The SMILES string of the molecule is COc1ccc(NC(=O)Nc2nccs2)c(OC)c1. The van der Waals surface area contributed by atoms with Crippen LogP contribution in [0.3, 0.4) is 0 Å². The van der Waals surface area contributed by atoms with E-state index in [0.29, 0.717) is 22.3 Å². The maximum Gasteiger partial charge on any atom is 0.325 e. The number of carbonyl (C=O) groups is 1. The number of nitrogens with one attached hydrogen (secondary N) is 2. The Balaban J connectivity index is 2.07. The van der Waals surface area contributed by atoms with E-state index in [9.17, 15) is 4.79 Å². The summed E-state index contributed by atoms with van der Waals surface area (Å²) in [4.78, 5) is 15.7. The standard InChI is InChI=1S/C12H13N3O3S/c1-17-8-3-4-9(10(7-8)18-2)14-11(16)15-12-13-5-6-19-12/h3-7H,1-2H3,(H2,13,14,15,16). The van der Waals surface area contributed by atoms with Crippen LogP contribution >= 0.6 is 11.3 Å². The molecule has 0 atom stereocenters. The minimum absolute atomic E-state index is 0.376. The van der Waals surface area contributed by atoms with Crippen LogP contribution in [-0.2, 0) is 0 Å². The number of methoxy groups -OCH3 is 2. The van der Waals surface area contributed by atoms with Crippen LogP contribution in [0.15, 0.2) is 29.8 Å². The van der Waals surface area contributed by atoms with Gasteiger partial charge in [0.15, 0.2) is 5.13 Å². The molecule has 2 aromatic rings. The molecule has 0 fully saturated rings. The van der Waals surface area contributed by atoms with Gasteiger partial charge in [-0.05, 0) is 12.1 Å². The van der Waals surface area contributed by atoms with Crippen molar-refractivity contribution in [2.75, 3.05) is 24.9 Å². The molecular weight excluding hydrogens is 266 g/mol. The highest BCUT2D eigenvalue weighted by molar-refractivity contribution is 7.13.